The summed E-state index contributed by atoms with van der Waals surface area (Å²) in [6.07, 6.45) is 3.78. The lowest BCUT2D eigenvalue weighted by atomic mass is 9.69. The van der Waals surface area contributed by atoms with Crippen LogP contribution >= 0.6 is 0 Å². The predicted molar refractivity (Wildman–Crippen MR) is 50.1 cm³/mol. The number of esters is 1. The monoisotopic (exact) mass is 182 g/mol. The van der Waals surface area contributed by atoms with E-state index < -0.39 is 0 Å². The third kappa shape index (κ3) is 1.11. The van der Waals surface area contributed by atoms with Crippen molar-refractivity contribution in [1.29, 1.82) is 0 Å². The summed E-state index contributed by atoms with van der Waals surface area (Å²) >= 11 is 0. The van der Waals surface area contributed by atoms with Crippen LogP contribution in [-0.2, 0) is 9.53 Å². The summed E-state index contributed by atoms with van der Waals surface area (Å²) in [5, 5.41) is 0. The van der Waals surface area contributed by atoms with Gasteiger partial charge in [-0.3, -0.25) is 4.79 Å². The van der Waals surface area contributed by atoms with Gasteiger partial charge in [0.2, 0.25) is 0 Å². The average molecular weight is 182 g/mol. The Balaban J connectivity index is 2.23. The Morgan fingerprint density at radius 3 is 2.54 bits per heavy atom. The Morgan fingerprint density at radius 2 is 2.08 bits per heavy atom. The van der Waals surface area contributed by atoms with E-state index in [-0.39, 0.29) is 17.3 Å². The first-order valence-electron chi connectivity index (χ1n) is 5.15. The number of hydrogen-bond donors (Lipinski definition) is 0. The molecule has 2 nitrogen and oxygen atoms in total. The van der Waals surface area contributed by atoms with Crippen molar-refractivity contribution in [2.45, 2.75) is 33.1 Å². The summed E-state index contributed by atoms with van der Waals surface area (Å²) in [4.78, 5) is 11.6. The molecule has 2 heteroatoms. The smallest absolute Gasteiger partial charge is 0.309 e. The van der Waals surface area contributed by atoms with Crippen LogP contribution in [0, 0.1) is 23.2 Å². The Morgan fingerprint density at radius 1 is 1.38 bits per heavy atom. The summed E-state index contributed by atoms with van der Waals surface area (Å²) < 4.78 is 4.88. The van der Waals surface area contributed by atoms with Crippen LogP contribution in [0.5, 0.6) is 0 Å². The van der Waals surface area contributed by atoms with Crippen LogP contribution in [0.3, 0.4) is 0 Å². The minimum absolute atomic E-state index is 0.0113. The zero-order chi connectivity index (χ0) is 9.64. The van der Waals surface area contributed by atoms with E-state index in [1.807, 2.05) is 0 Å². The normalized spacial score (nSPS) is 40.7. The molecule has 0 aliphatic heterocycles. The fourth-order valence-corrected chi connectivity index (χ4v) is 3.48. The van der Waals surface area contributed by atoms with Gasteiger partial charge in [-0.15, -0.1) is 0 Å². The maximum atomic E-state index is 11.6. The molecule has 0 heterocycles. The summed E-state index contributed by atoms with van der Waals surface area (Å²) in [7, 11) is 1.50. The highest BCUT2D eigenvalue weighted by molar-refractivity contribution is 5.74. The number of rotatable bonds is 1. The second-order valence-corrected chi connectivity index (χ2v) is 5.09. The van der Waals surface area contributed by atoms with Gasteiger partial charge in [-0.25, -0.2) is 0 Å². The van der Waals surface area contributed by atoms with Gasteiger partial charge in [0.25, 0.3) is 0 Å². The molecule has 0 N–H and O–H groups in total. The molecule has 2 saturated carbocycles. The molecule has 0 unspecified atom stereocenters. The van der Waals surface area contributed by atoms with Crippen LogP contribution in [0.4, 0.5) is 0 Å². The Labute approximate surface area is 79.7 Å². The zero-order valence-electron chi connectivity index (χ0n) is 8.67. The van der Waals surface area contributed by atoms with E-state index in [4.69, 9.17) is 4.74 Å². The summed E-state index contributed by atoms with van der Waals surface area (Å²) in [6.45, 7) is 4.44. The molecular formula is C11H18O2. The van der Waals surface area contributed by atoms with Gasteiger partial charge in [0.15, 0.2) is 0 Å². The molecule has 2 rings (SSSR count). The van der Waals surface area contributed by atoms with Crippen molar-refractivity contribution in [3.8, 4) is 0 Å². The van der Waals surface area contributed by atoms with Gasteiger partial charge in [-0.05, 0) is 36.5 Å². The molecular weight excluding hydrogens is 164 g/mol. The van der Waals surface area contributed by atoms with Crippen LogP contribution in [0.15, 0.2) is 0 Å². The molecule has 0 spiro atoms. The molecule has 13 heavy (non-hydrogen) atoms. The van der Waals surface area contributed by atoms with E-state index in [0.29, 0.717) is 5.92 Å². The minimum Gasteiger partial charge on any atom is -0.469 e. The molecule has 0 aromatic carbocycles. The maximum absolute atomic E-state index is 11.6. The van der Waals surface area contributed by atoms with Crippen molar-refractivity contribution in [3.05, 3.63) is 0 Å². The van der Waals surface area contributed by atoms with Gasteiger partial charge in [-0.1, -0.05) is 13.8 Å². The molecule has 2 aliphatic rings. The molecule has 2 aliphatic carbocycles. The number of hydrogen-bond acceptors (Lipinski definition) is 2. The lowest BCUT2D eigenvalue weighted by Crippen LogP contribution is -2.36. The van der Waals surface area contributed by atoms with E-state index >= 15 is 0 Å². The van der Waals surface area contributed by atoms with Crippen molar-refractivity contribution in [2.75, 3.05) is 7.11 Å². The molecule has 74 valence electrons. The van der Waals surface area contributed by atoms with Gasteiger partial charge in [-0.2, -0.15) is 0 Å². The van der Waals surface area contributed by atoms with Gasteiger partial charge in [0, 0.05) is 0 Å². The molecule has 3 atom stereocenters. The van der Waals surface area contributed by atoms with Crippen molar-refractivity contribution < 1.29 is 9.53 Å². The molecule has 0 amide bonds. The predicted octanol–water partition coefficient (Wildman–Crippen LogP) is 2.23. The Bertz CT molecular complexity index is 232. The van der Waals surface area contributed by atoms with Crippen LogP contribution in [-0.4, -0.2) is 13.1 Å². The van der Waals surface area contributed by atoms with E-state index in [0.717, 1.165) is 5.92 Å². The molecule has 0 radical (unpaired) electrons. The highest BCUT2D eigenvalue weighted by Crippen LogP contribution is 2.59. The van der Waals surface area contributed by atoms with Crippen LogP contribution in [0.1, 0.15) is 33.1 Å². The van der Waals surface area contributed by atoms with Gasteiger partial charge >= 0.3 is 5.97 Å². The van der Waals surface area contributed by atoms with Gasteiger partial charge in [0.05, 0.1) is 13.0 Å². The van der Waals surface area contributed by atoms with Crippen LogP contribution < -0.4 is 0 Å². The first-order chi connectivity index (χ1) is 6.07. The van der Waals surface area contributed by atoms with E-state index in [1.165, 1.54) is 26.4 Å². The first-order valence-corrected chi connectivity index (χ1v) is 5.15. The first kappa shape index (κ1) is 9.04. The fraction of sp³-hybridized carbons (Fsp3) is 0.909. The third-order valence-electron chi connectivity index (χ3n) is 4.25. The van der Waals surface area contributed by atoms with E-state index in [2.05, 4.69) is 13.8 Å². The van der Waals surface area contributed by atoms with Crippen molar-refractivity contribution >= 4 is 5.97 Å². The second-order valence-electron chi connectivity index (χ2n) is 5.09. The average Bonchev–Trinajstić information content (AvgIpc) is 2.60. The van der Waals surface area contributed by atoms with E-state index in [1.54, 1.807) is 0 Å². The number of ether oxygens (including phenoxy) is 1. The highest BCUT2D eigenvalue weighted by atomic mass is 16.5. The summed E-state index contributed by atoms with van der Waals surface area (Å²) in [6, 6.07) is 0. The largest absolute Gasteiger partial charge is 0.469 e. The highest BCUT2D eigenvalue weighted by Gasteiger charge is 2.56. The molecule has 0 aromatic rings. The summed E-state index contributed by atoms with van der Waals surface area (Å²) in [5.41, 5.74) is 0.177. The SMILES string of the molecule is COC(=O)[C@H]1[C@H]2CC[C@H](C2)C1(C)C. The van der Waals surface area contributed by atoms with E-state index in [9.17, 15) is 4.79 Å². The topological polar surface area (TPSA) is 26.3 Å². The number of methoxy groups -OCH3 is 1. The molecule has 2 bridgehead atoms. The minimum atomic E-state index is 0.0113. The standard InChI is InChI=1S/C11H18O2/c1-11(2)8-5-4-7(6-8)9(11)10(12)13-3/h7-9H,4-6H2,1-3H3/t7-,8+,9+/m0/s1. The maximum Gasteiger partial charge on any atom is 0.309 e. The number of carbonyl (C=O) groups excluding carboxylic acids is 1. The Kier molecular flexibility index (Phi) is 1.90. The van der Waals surface area contributed by atoms with Crippen LogP contribution in [0.25, 0.3) is 0 Å². The molecule has 0 aromatic heterocycles. The van der Waals surface area contributed by atoms with Crippen molar-refractivity contribution in [1.82, 2.24) is 0 Å². The lowest BCUT2D eigenvalue weighted by molar-refractivity contribution is -0.152. The third-order valence-corrected chi connectivity index (χ3v) is 4.25. The van der Waals surface area contributed by atoms with Gasteiger partial charge < -0.3 is 4.74 Å². The number of fused-ring (bicyclic) bond motifs is 2. The van der Waals surface area contributed by atoms with Crippen molar-refractivity contribution in [2.24, 2.45) is 23.2 Å². The second kappa shape index (κ2) is 2.73. The van der Waals surface area contributed by atoms with Crippen molar-refractivity contribution in [3.63, 3.8) is 0 Å². The quantitative estimate of drug-likeness (QED) is 0.581. The lowest BCUT2D eigenvalue weighted by Gasteiger charge is -2.36. The zero-order valence-corrected chi connectivity index (χ0v) is 8.67. The molecule has 0 saturated heterocycles. The van der Waals surface area contributed by atoms with Crippen LogP contribution in [0.2, 0.25) is 0 Å². The Hall–Kier alpha value is -0.530. The van der Waals surface area contributed by atoms with Gasteiger partial charge in [0.1, 0.15) is 0 Å². The fourth-order valence-electron chi connectivity index (χ4n) is 3.48. The molecule has 2 fully saturated rings. The summed E-state index contributed by atoms with van der Waals surface area (Å²) in [5.74, 6) is 1.53. The number of carbonyl (C=O) groups is 1.